The first-order valence-electron chi connectivity index (χ1n) is 12.5. The van der Waals surface area contributed by atoms with E-state index in [1.165, 1.54) is 6.07 Å². The fourth-order valence-electron chi connectivity index (χ4n) is 4.04. The highest BCUT2D eigenvalue weighted by Gasteiger charge is 2.30. The van der Waals surface area contributed by atoms with Gasteiger partial charge in [-0.1, -0.05) is 68.3 Å². The Morgan fingerprint density at radius 3 is 2.00 bits per heavy atom. The summed E-state index contributed by atoms with van der Waals surface area (Å²) in [5.41, 5.74) is 2.98. The highest BCUT2D eigenvalue weighted by molar-refractivity contribution is 9.10. The first-order chi connectivity index (χ1) is 19.2. The topological polar surface area (TPSA) is 47.9 Å². The molecular formula is C31H27Br2F3O4. The SMILES string of the molecule is Oc1ccc(Oc2cccc(CCOCc3ccc(C(F)(F)F)cc3Br)c2CCOCc2ccccc2Br)cc1. The van der Waals surface area contributed by atoms with Gasteiger partial charge in [0.2, 0.25) is 0 Å². The van der Waals surface area contributed by atoms with Crippen molar-refractivity contribution in [1.29, 1.82) is 0 Å². The van der Waals surface area contributed by atoms with Gasteiger partial charge in [-0.05, 0) is 78.1 Å². The van der Waals surface area contributed by atoms with Gasteiger partial charge in [0.15, 0.2) is 0 Å². The van der Waals surface area contributed by atoms with Crippen molar-refractivity contribution in [2.24, 2.45) is 0 Å². The van der Waals surface area contributed by atoms with Crippen molar-refractivity contribution in [3.63, 3.8) is 0 Å². The van der Waals surface area contributed by atoms with E-state index >= 15 is 0 Å². The van der Waals surface area contributed by atoms with Crippen LogP contribution < -0.4 is 4.74 Å². The molecule has 40 heavy (non-hydrogen) atoms. The number of phenolic OH excluding ortho intramolecular Hbond substituents is 1. The van der Waals surface area contributed by atoms with E-state index in [1.807, 2.05) is 42.5 Å². The average molecular weight is 680 g/mol. The average Bonchev–Trinajstić information content (AvgIpc) is 2.92. The van der Waals surface area contributed by atoms with Crippen LogP contribution >= 0.6 is 31.9 Å². The third-order valence-corrected chi connectivity index (χ3v) is 7.67. The van der Waals surface area contributed by atoms with Crippen molar-refractivity contribution in [3.8, 4) is 17.2 Å². The Morgan fingerprint density at radius 2 is 1.32 bits per heavy atom. The number of aromatic hydroxyl groups is 1. The molecule has 0 aliphatic carbocycles. The molecule has 0 saturated carbocycles. The lowest BCUT2D eigenvalue weighted by molar-refractivity contribution is -0.137. The van der Waals surface area contributed by atoms with Crippen LogP contribution in [0.15, 0.2) is 93.9 Å². The van der Waals surface area contributed by atoms with Gasteiger partial charge in [-0.2, -0.15) is 13.2 Å². The Labute approximate surface area is 248 Å². The van der Waals surface area contributed by atoms with Crippen LogP contribution in [0, 0.1) is 0 Å². The van der Waals surface area contributed by atoms with Gasteiger partial charge >= 0.3 is 6.18 Å². The maximum atomic E-state index is 13.0. The van der Waals surface area contributed by atoms with Gasteiger partial charge < -0.3 is 19.3 Å². The lowest BCUT2D eigenvalue weighted by Crippen LogP contribution is -2.08. The van der Waals surface area contributed by atoms with E-state index in [4.69, 9.17) is 14.2 Å². The first-order valence-corrected chi connectivity index (χ1v) is 14.1. The zero-order valence-electron chi connectivity index (χ0n) is 21.4. The van der Waals surface area contributed by atoms with Crippen LogP contribution in [0.4, 0.5) is 13.2 Å². The number of hydrogen-bond acceptors (Lipinski definition) is 4. The zero-order valence-corrected chi connectivity index (χ0v) is 24.6. The van der Waals surface area contributed by atoms with Crippen LogP contribution in [0.25, 0.3) is 0 Å². The van der Waals surface area contributed by atoms with Gasteiger partial charge in [0, 0.05) is 14.5 Å². The second-order valence-electron chi connectivity index (χ2n) is 8.99. The van der Waals surface area contributed by atoms with Crippen LogP contribution in [0.3, 0.4) is 0 Å². The van der Waals surface area contributed by atoms with Crippen LogP contribution in [-0.2, 0) is 41.7 Å². The smallest absolute Gasteiger partial charge is 0.416 e. The molecule has 9 heteroatoms. The summed E-state index contributed by atoms with van der Waals surface area (Å²) in [5, 5.41) is 9.61. The second kappa shape index (κ2) is 14.2. The number of ether oxygens (including phenoxy) is 3. The van der Waals surface area contributed by atoms with Gasteiger partial charge in [0.1, 0.15) is 17.2 Å². The lowest BCUT2D eigenvalue weighted by Gasteiger charge is -2.17. The Morgan fingerprint density at radius 1 is 0.675 bits per heavy atom. The number of benzene rings is 4. The van der Waals surface area contributed by atoms with Crippen molar-refractivity contribution < 1.29 is 32.5 Å². The highest BCUT2D eigenvalue weighted by atomic mass is 79.9. The molecule has 210 valence electrons. The largest absolute Gasteiger partial charge is 0.508 e. The number of hydrogen-bond donors (Lipinski definition) is 1. The molecule has 0 saturated heterocycles. The van der Waals surface area contributed by atoms with E-state index in [2.05, 4.69) is 31.9 Å². The first kappa shape index (κ1) is 30.1. The summed E-state index contributed by atoms with van der Waals surface area (Å²) in [7, 11) is 0. The molecule has 4 aromatic carbocycles. The maximum Gasteiger partial charge on any atom is 0.416 e. The van der Waals surface area contributed by atoms with Crippen molar-refractivity contribution >= 4 is 31.9 Å². The Bertz CT molecular complexity index is 1410. The summed E-state index contributed by atoms with van der Waals surface area (Å²) < 4.78 is 58.2. The predicted octanol–water partition coefficient (Wildman–Crippen LogP) is 9.25. The van der Waals surface area contributed by atoms with E-state index in [-0.39, 0.29) is 12.4 Å². The molecule has 4 nitrogen and oxygen atoms in total. The molecule has 0 unspecified atom stereocenters. The van der Waals surface area contributed by atoms with Crippen molar-refractivity contribution in [1.82, 2.24) is 0 Å². The van der Waals surface area contributed by atoms with Crippen LogP contribution in [0.5, 0.6) is 17.2 Å². The predicted molar refractivity (Wildman–Crippen MR) is 155 cm³/mol. The minimum absolute atomic E-state index is 0.152. The van der Waals surface area contributed by atoms with E-state index in [0.29, 0.717) is 54.2 Å². The van der Waals surface area contributed by atoms with E-state index in [0.717, 1.165) is 33.3 Å². The quantitative estimate of drug-likeness (QED) is 0.152. The van der Waals surface area contributed by atoms with Crippen molar-refractivity contribution in [2.45, 2.75) is 32.2 Å². The molecule has 0 spiro atoms. The summed E-state index contributed by atoms with van der Waals surface area (Å²) in [5.74, 6) is 1.42. The Kier molecular flexibility index (Phi) is 10.7. The molecule has 4 rings (SSSR count). The fraction of sp³-hybridized carbons (Fsp3) is 0.226. The summed E-state index contributed by atoms with van der Waals surface area (Å²) in [6, 6.07) is 23.7. The molecule has 0 fully saturated rings. The summed E-state index contributed by atoms with van der Waals surface area (Å²) in [6.45, 7) is 1.46. The molecule has 0 radical (unpaired) electrons. The highest BCUT2D eigenvalue weighted by Crippen LogP contribution is 2.33. The monoisotopic (exact) mass is 678 g/mol. The van der Waals surface area contributed by atoms with Crippen LogP contribution in [0.1, 0.15) is 27.8 Å². The molecule has 0 heterocycles. The molecule has 0 aliphatic rings. The number of phenols is 1. The Balaban J connectivity index is 1.42. The third kappa shape index (κ3) is 8.57. The minimum Gasteiger partial charge on any atom is -0.508 e. The van der Waals surface area contributed by atoms with Gasteiger partial charge in [-0.15, -0.1) is 0 Å². The molecule has 1 N–H and O–H groups in total. The van der Waals surface area contributed by atoms with Crippen LogP contribution in [-0.4, -0.2) is 18.3 Å². The normalized spacial score (nSPS) is 11.5. The molecule has 0 amide bonds. The Hall–Kier alpha value is -2.85. The minimum atomic E-state index is -4.40. The van der Waals surface area contributed by atoms with E-state index in [9.17, 15) is 18.3 Å². The number of rotatable bonds is 12. The molecule has 0 aliphatic heterocycles. The lowest BCUT2D eigenvalue weighted by atomic mass is 10.0. The maximum absolute atomic E-state index is 13.0. The summed E-state index contributed by atoms with van der Waals surface area (Å²) in [4.78, 5) is 0. The molecule has 0 aromatic heterocycles. The fourth-order valence-corrected chi connectivity index (χ4v) is 4.94. The molecule has 0 bridgehead atoms. The molecule has 0 atom stereocenters. The van der Waals surface area contributed by atoms with E-state index in [1.54, 1.807) is 24.3 Å². The zero-order chi connectivity index (χ0) is 28.5. The van der Waals surface area contributed by atoms with Crippen LogP contribution in [0.2, 0.25) is 0 Å². The molecular weight excluding hydrogens is 653 g/mol. The van der Waals surface area contributed by atoms with Crippen molar-refractivity contribution in [3.05, 3.63) is 122 Å². The van der Waals surface area contributed by atoms with Gasteiger partial charge in [0.05, 0.1) is 32.0 Å². The standard InChI is InChI=1S/C31H27Br2F3O4/c32-28-6-2-1-4-22(28)19-39-17-15-27-21(5-3-7-30(27)40-26-12-10-25(37)11-13-26)14-16-38-20-23-8-9-24(18-29(23)33)31(34,35)36/h1-13,18,37H,14-17,19-20H2. The second-order valence-corrected chi connectivity index (χ2v) is 10.7. The van der Waals surface area contributed by atoms with Gasteiger partial charge in [-0.25, -0.2) is 0 Å². The summed E-state index contributed by atoms with van der Waals surface area (Å²) >= 11 is 6.76. The third-order valence-electron chi connectivity index (χ3n) is 6.16. The number of halogens is 5. The number of alkyl halides is 3. The molecule has 4 aromatic rings. The summed E-state index contributed by atoms with van der Waals surface area (Å²) in [6.07, 6.45) is -3.23. The van der Waals surface area contributed by atoms with Crippen molar-refractivity contribution in [2.75, 3.05) is 13.2 Å². The van der Waals surface area contributed by atoms with E-state index < -0.39 is 11.7 Å². The van der Waals surface area contributed by atoms with Gasteiger partial charge in [-0.3, -0.25) is 0 Å². The van der Waals surface area contributed by atoms with Gasteiger partial charge in [0.25, 0.3) is 0 Å².